The Labute approximate surface area is 146 Å². The maximum Gasteiger partial charge on any atom is 0.262 e. The van der Waals surface area contributed by atoms with Crippen molar-refractivity contribution in [1.82, 2.24) is 23.8 Å². The number of sulfonamides is 1. The van der Waals surface area contributed by atoms with Gasteiger partial charge in [-0.3, -0.25) is 0 Å². The molecule has 3 heterocycles. The fraction of sp³-hybridized carbons (Fsp3) is 0.467. The quantitative estimate of drug-likeness (QED) is 0.783. The van der Waals surface area contributed by atoms with Crippen LogP contribution in [-0.4, -0.2) is 51.4 Å². The first-order valence-corrected chi connectivity index (χ1v) is 9.23. The van der Waals surface area contributed by atoms with Crippen LogP contribution < -0.4 is 4.74 Å². The summed E-state index contributed by atoms with van der Waals surface area (Å²) in [6, 6.07) is 1.92. The number of aryl methyl sites for hydroxylation is 2. The van der Waals surface area contributed by atoms with Crippen LogP contribution in [0.4, 0.5) is 0 Å². The molecule has 25 heavy (non-hydrogen) atoms. The number of nitriles is 1. The number of ether oxygens (including phenoxy) is 1. The van der Waals surface area contributed by atoms with E-state index >= 15 is 0 Å². The van der Waals surface area contributed by atoms with Crippen molar-refractivity contribution < 1.29 is 13.2 Å². The predicted molar refractivity (Wildman–Crippen MR) is 87.1 cm³/mol. The van der Waals surface area contributed by atoms with E-state index in [0.717, 1.165) is 0 Å². The smallest absolute Gasteiger partial charge is 0.262 e. The molecule has 1 aliphatic rings. The Hall–Kier alpha value is -2.51. The Morgan fingerprint density at radius 2 is 2.12 bits per heavy atom. The van der Waals surface area contributed by atoms with Crippen molar-refractivity contribution in [2.75, 3.05) is 13.1 Å². The molecule has 0 bridgehead atoms. The van der Waals surface area contributed by atoms with Crippen molar-refractivity contribution in [2.24, 2.45) is 7.05 Å². The van der Waals surface area contributed by atoms with E-state index in [0.29, 0.717) is 25.2 Å². The van der Waals surface area contributed by atoms with Crippen LogP contribution in [-0.2, 0) is 17.1 Å². The van der Waals surface area contributed by atoms with E-state index in [1.807, 2.05) is 6.07 Å². The van der Waals surface area contributed by atoms with Gasteiger partial charge in [-0.15, -0.1) is 0 Å². The highest BCUT2D eigenvalue weighted by Gasteiger charge is 2.33. The third-order valence-electron chi connectivity index (χ3n) is 4.08. The third-order valence-corrected chi connectivity index (χ3v) is 5.82. The number of hydrogen-bond donors (Lipinski definition) is 0. The summed E-state index contributed by atoms with van der Waals surface area (Å²) in [7, 11) is -1.93. The van der Waals surface area contributed by atoms with Gasteiger partial charge in [-0.05, 0) is 19.8 Å². The van der Waals surface area contributed by atoms with E-state index in [1.54, 1.807) is 18.5 Å². The molecule has 10 heteroatoms. The number of imidazole rings is 1. The number of piperidine rings is 1. The number of rotatable bonds is 4. The van der Waals surface area contributed by atoms with Crippen molar-refractivity contribution in [1.29, 1.82) is 5.26 Å². The van der Waals surface area contributed by atoms with Gasteiger partial charge in [0.2, 0.25) is 5.69 Å². The molecule has 2 aromatic heterocycles. The topological polar surface area (TPSA) is 114 Å². The molecule has 3 rings (SSSR count). The summed E-state index contributed by atoms with van der Waals surface area (Å²) in [4.78, 5) is 12.0. The molecule has 1 fully saturated rings. The Morgan fingerprint density at radius 1 is 1.36 bits per heavy atom. The maximum atomic E-state index is 12.8. The summed E-state index contributed by atoms with van der Waals surface area (Å²) < 4.78 is 34.4. The highest BCUT2D eigenvalue weighted by molar-refractivity contribution is 7.89. The van der Waals surface area contributed by atoms with E-state index in [2.05, 4.69) is 15.0 Å². The number of aromatic nitrogens is 4. The first kappa shape index (κ1) is 17.3. The molecule has 0 N–H and O–H groups in total. The second-order valence-corrected chi connectivity index (χ2v) is 7.69. The van der Waals surface area contributed by atoms with Gasteiger partial charge in [0.15, 0.2) is 5.03 Å². The molecule has 0 spiro atoms. The highest BCUT2D eigenvalue weighted by atomic mass is 32.2. The third kappa shape index (κ3) is 3.47. The second kappa shape index (κ2) is 6.78. The average Bonchev–Trinajstić information content (AvgIpc) is 2.95. The van der Waals surface area contributed by atoms with Crippen molar-refractivity contribution in [3.63, 3.8) is 0 Å². The normalized spacial score (nSPS) is 18.7. The molecule has 0 aromatic carbocycles. The molecular formula is C15H18N6O3S. The minimum atomic E-state index is -3.68. The summed E-state index contributed by atoms with van der Waals surface area (Å²) >= 11 is 0. The monoisotopic (exact) mass is 362 g/mol. The van der Waals surface area contributed by atoms with E-state index in [9.17, 15) is 8.42 Å². The van der Waals surface area contributed by atoms with Crippen LogP contribution >= 0.6 is 0 Å². The summed E-state index contributed by atoms with van der Waals surface area (Å²) in [6.07, 6.45) is 5.28. The lowest BCUT2D eigenvalue weighted by molar-refractivity contribution is 0.123. The summed E-state index contributed by atoms with van der Waals surface area (Å²) in [6.45, 7) is 2.33. The van der Waals surface area contributed by atoms with Gasteiger partial charge in [-0.1, -0.05) is 0 Å². The molecule has 0 unspecified atom stereocenters. The van der Waals surface area contributed by atoms with Gasteiger partial charge in [0.1, 0.15) is 18.0 Å². The van der Waals surface area contributed by atoms with Gasteiger partial charge in [0.05, 0.1) is 6.54 Å². The molecule has 0 saturated carbocycles. The van der Waals surface area contributed by atoms with Crippen molar-refractivity contribution in [3.8, 4) is 11.9 Å². The molecule has 1 aliphatic heterocycles. The zero-order valence-electron chi connectivity index (χ0n) is 14.0. The highest BCUT2D eigenvalue weighted by Crippen LogP contribution is 2.23. The SMILES string of the molecule is Cc1nc(S(=O)(=O)N2CCC[C@H](Oc3nccnc3C#N)C2)cn1C. The zero-order valence-corrected chi connectivity index (χ0v) is 14.8. The molecular weight excluding hydrogens is 344 g/mol. The lowest BCUT2D eigenvalue weighted by Gasteiger charge is -2.31. The Morgan fingerprint density at radius 3 is 2.80 bits per heavy atom. The Kier molecular flexibility index (Phi) is 4.69. The van der Waals surface area contributed by atoms with Crippen LogP contribution in [0.25, 0.3) is 0 Å². The van der Waals surface area contributed by atoms with Crippen LogP contribution in [0.5, 0.6) is 5.88 Å². The molecule has 2 aromatic rings. The molecule has 9 nitrogen and oxygen atoms in total. The van der Waals surface area contributed by atoms with Crippen LogP contribution in [0.1, 0.15) is 24.4 Å². The first-order valence-electron chi connectivity index (χ1n) is 7.79. The predicted octanol–water partition coefficient (Wildman–Crippen LogP) is 0.622. The van der Waals surface area contributed by atoms with Gasteiger partial charge in [-0.25, -0.2) is 23.4 Å². The zero-order chi connectivity index (χ0) is 18.0. The van der Waals surface area contributed by atoms with Gasteiger partial charge in [0.25, 0.3) is 15.9 Å². The fourth-order valence-electron chi connectivity index (χ4n) is 2.65. The second-order valence-electron chi connectivity index (χ2n) is 5.80. The van der Waals surface area contributed by atoms with Gasteiger partial charge >= 0.3 is 0 Å². The lowest BCUT2D eigenvalue weighted by atomic mass is 10.1. The molecule has 0 radical (unpaired) electrons. The summed E-state index contributed by atoms with van der Waals surface area (Å²) in [5.41, 5.74) is 0.0860. The maximum absolute atomic E-state index is 12.8. The lowest BCUT2D eigenvalue weighted by Crippen LogP contribution is -2.44. The van der Waals surface area contributed by atoms with Crippen LogP contribution in [0.3, 0.4) is 0 Å². The van der Waals surface area contributed by atoms with Crippen molar-refractivity contribution in [2.45, 2.75) is 30.9 Å². The van der Waals surface area contributed by atoms with E-state index in [1.165, 1.54) is 22.9 Å². The molecule has 0 aliphatic carbocycles. The Balaban J connectivity index is 1.78. The van der Waals surface area contributed by atoms with Crippen LogP contribution in [0.2, 0.25) is 0 Å². The molecule has 0 amide bonds. The van der Waals surface area contributed by atoms with Gasteiger partial charge in [-0.2, -0.15) is 9.57 Å². The van der Waals surface area contributed by atoms with E-state index < -0.39 is 16.1 Å². The summed E-state index contributed by atoms with van der Waals surface area (Å²) in [5.74, 6) is 0.754. The van der Waals surface area contributed by atoms with E-state index in [4.69, 9.17) is 10.00 Å². The van der Waals surface area contributed by atoms with Crippen molar-refractivity contribution >= 4 is 10.0 Å². The Bertz CT molecular complexity index is 898. The standard InChI is InChI=1S/C15H18N6O3S/c1-11-19-14(10-20(11)2)25(22,23)21-7-3-4-12(9-21)24-15-13(8-16)17-5-6-18-15/h5-6,10,12H,3-4,7,9H2,1-2H3/t12-/m0/s1. The minimum Gasteiger partial charge on any atom is -0.471 e. The van der Waals surface area contributed by atoms with Crippen LogP contribution in [0, 0.1) is 18.3 Å². The van der Waals surface area contributed by atoms with Gasteiger partial charge in [0, 0.05) is 32.2 Å². The minimum absolute atomic E-state index is 0.0327. The van der Waals surface area contributed by atoms with Crippen molar-refractivity contribution in [3.05, 3.63) is 30.1 Å². The average molecular weight is 362 g/mol. The van der Waals surface area contributed by atoms with Gasteiger partial charge < -0.3 is 9.30 Å². The number of hydrogen-bond acceptors (Lipinski definition) is 7. The van der Waals surface area contributed by atoms with E-state index in [-0.39, 0.29) is 23.1 Å². The molecule has 1 saturated heterocycles. The number of nitrogens with zero attached hydrogens (tertiary/aromatic N) is 6. The summed E-state index contributed by atoms with van der Waals surface area (Å²) in [5, 5.41) is 9.09. The largest absolute Gasteiger partial charge is 0.471 e. The first-order chi connectivity index (χ1) is 11.9. The fourth-order valence-corrected chi connectivity index (χ4v) is 4.18. The van der Waals surface area contributed by atoms with Crippen LogP contribution in [0.15, 0.2) is 23.6 Å². The molecule has 1 atom stereocenters. The molecule has 132 valence electrons.